The third-order valence-electron chi connectivity index (χ3n) is 11.0. The molecule has 4 aliphatic rings. The number of esters is 1. The second-order valence-electron chi connectivity index (χ2n) is 12.3. The van der Waals surface area contributed by atoms with E-state index in [2.05, 4.69) is 26.1 Å². The Balaban J connectivity index is 1.48. The number of carbonyl (C=O) groups is 1. The summed E-state index contributed by atoms with van der Waals surface area (Å²) in [5.41, 5.74) is 0.637. The Bertz CT molecular complexity index is 670. The fourth-order valence-electron chi connectivity index (χ4n) is 9.30. The molecule has 10 atom stereocenters. The van der Waals surface area contributed by atoms with Crippen LogP contribution < -0.4 is 5.32 Å². The van der Waals surface area contributed by atoms with Gasteiger partial charge in [0.15, 0.2) is 0 Å². The van der Waals surface area contributed by atoms with Crippen molar-refractivity contribution < 1.29 is 19.7 Å². The number of methoxy groups -OCH3 is 1. The summed E-state index contributed by atoms with van der Waals surface area (Å²) in [4.78, 5) is 11.7. The molecule has 0 radical (unpaired) electrons. The standard InChI is InChI=1S/C27H47NO4/c1-17(5-8-24(31)32-4)20-6-7-21-25-22(10-12-27(20,21)3)26(2)11-9-19(28-13-14-29)15-18(26)16-23(25)30/h17-23,25,28-30H,5-16H2,1-4H3/t17?,18-,19+,20+,21?,22?,23+,25?,26-,27+/m0/s1. The lowest BCUT2D eigenvalue weighted by molar-refractivity contribution is -0.167. The van der Waals surface area contributed by atoms with Gasteiger partial charge in [0.05, 0.1) is 19.8 Å². The SMILES string of the molecule is COC(=O)CCC(C)[C@H]1CCC2C3C(CC[C@@]21C)[C@@]1(C)CC[C@@H](NCCO)C[C@H]1C[C@H]3O. The van der Waals surface area contributed by atoms with Gasteiger partial charge in [-0.3, -0.25) is 4.79 Å². The molecule has 0 aromatic carbocycles. The largest absolute Gasteiger partial charge is 0.469 e. The highest BCUT2D eigenvalue weighted by Gasteiger charge is 2.62. The Kier molecular flexibility index (Phi) is 7.30. The van der Waals surface area contributed by atoms with Crippen LogP contribution in [-0.2, 0) is 9.53 Å². The lowest BCUT2D eigenvalue weighted by Gasteiger charge is -2.62. The molecule has 0 heterocycles. The van der Waals surface area contributed by atoms with Gasteiger partial charge in [-0.1, -0.05) is 20.8 Å². The number of nitrogens with one attached hydrogen (secondary N) is 1. The number of aliphatic hydroxyl groups is 2. The molecule has 5 heteroatoms. The van der Waals surface area contributed by atoms with Crippen LogP contribution in [0.15, 0.2) is 0 Å². The first-order valence-corrected chi connectivity index (χ1v) is 13.3. The third kappa shape index (κ3) is 4.15. The van der Waals surface area contributed by atoms with E-state index in [-0.39, 0.29) is 18.7 Å². The summed E-state index contributed by atoms with van der Waals surface area (Å²) in [6.45, 7) is 8.27. The normalized spacial score (nSPS) is 46.6. The van der Waals surface area contributed by atoms with Gasteiger partial charge in [-0.25, -0.2) is 0 Å². The van der Waals surface area contributed by atoms with E-state index in [0.29, 0.717) is 65.3 Å². The minimum Gasteiger partial charge on any atom is -0.469 e. The summed E-state index contributed by atoms with van der Waals surface area (Å²) in [6, 6.07) is 0.490. The fraction of sp³-hybridized carbons (Fsp3) is 0.963. The molecule has 4 unspecified atom stereocenters. The summed E-state index contributed by atoms with van der Waals surface area (Å²) >= 11 is 0. The van der Waals surface area contributed by atoms with Crippen LogP contribution in [0.25, 0.3) is 0 Å². The molecule has 4 saturated carbocycles. The molecule has 32 heavy (non-hydrogen) atoms. The number of hydrogen-bond acceptors (Lipinski definition) is 5. The first kappa shape index (κ1) is 24.5. The maximum absolute atomic E-state index is 11.7. The summed E-state index contributed by atoms with van der Waals surface area (Å²) in [6.07, 6.45) is 10.8. The van der Waals surface area contributed by atoms with Gasteiger partial charge < -0.3 is 20.3 Å². The lowest BCUT2D eigenvalue weighted by Crippen LogP contribution is -2.59. The summed E-state index contributed by atoms with van der Waals surface area (Å²) < 4.78 is 4.88. The smallest absolute Gasteiger partial charge is 0.305 e. The van der Waals surface area contributed by atoms with Gasteiger partial charge in [0.25, 0.3) is 0 Å². The average Bonchev–Trinajstić information content (AvgIpc) is 3.13. The Morgan fingerprint density at radius 1 is 1.09 bits per heavy atom. The molecule has 0 aliphatic heterocycles. The van der Waals surface area contributed by atoms with Crippen molar-refractivity contribution in [3.05, 3.63) is 0 Å². The zero-order chi connectivity index (χ0) is 23.1. The maximum Gasteiger partial charge on any atom is 0.305 e. The van der Waals surface area contributed by atoms with Crippen molar-refractivity contribution in [2.24, 2.45) is 46.3 Å². The van der Waals surface area contributed by atoms with E-state index in [1.807, 2.05) is 0 Å². The predicted molar refractivity (Wildman–Crippen MR) is 126 cm³/mol. The molecular weight excluding hydrogens is 402 g/mol. The molecule has 0 aromatic rings. The molecule has 4 aliphatic carbocycles. The van der Waals surface area contributed by atoms with Gasteiger partial charge in [0.2, 0.25) is 0 Å². The zero-order valence-corrected chi connectivity index (χ0v) is 20.8. The van der Waals surface area contributed by atoms with E-state index >= 15 is 0 Å². The highest BCUT2D eigenvalue weighted by atomic mass is 16.5. The number of fused-ring (bicyclic) bond motifs is 5. The van der Waals surface area contributed by atoms with Crippen molar-refractivity contribution >= 4 is 5.97 Å². The number of carbonyl (C=O) groups excluding carboxylic acids is 1. The second-order valence-corrected chi connectivity index (χ2v) is 12.3. The molecular formula is C27H47NO4. The van der Waals surface area contributed by atoms with Crippen molar-refractivity contribution in [3.8, 4) is 0 Å². The van der Waals surface area contributed by atoms with Crippen LogP contribution in [0, 0.1) is 46.3 Å². The molecule has 4 fully saturated rings. The molecule has 0 aromatic heterocycles. The van der Waals surface area contributed by atoms with Crippen molar-refractivity contribution in [1.29, 1.82) is 0 Å². The van der Waals surface area contributed by atoms with E-state index < -0.39 is 0 Å². The minimum atomic E-state index is -0.177. The number of ether oxygens (including phenoxy) is 1. The Labute approximate surface area is 195 Å². The third-order valence-corrected chi connectivity index (χ3v) is 11.0. The minimum absolute atomic E-state index is 0.0917. The van der Waals surface area contributed by atoms with E-state index in [0.717, 1.165) is 19.3 Å². The molecule has 0 bridgehead atoms. The van der Waals surface area contributed by atoms with Gasteiger partial charge in [-0.15, -0.1) is 0 Å². The maximum atomic E-state index is 11.7. The molecule has 0 saturated heterocycles. The van der Waals surface area contributed by atoms with Crippen molar-refractivity contribution in [2.75, 3.05) is 20.3 Å². The van der Waals surface area contributed by atoms with Crippen LogP contribution >= 0.6 is 0 Å². The van der Waals surface area contributed by atoms with E-state index in [1.54, 1.807) is 0 Å². The van der Waals surface area contributed by atoms with E-state index in [9.17, 15) is 15.0 Å². The summed E-state index contributed by atoms with van der Waals surface area (Å²) in [5.74, 6) is 3.36. The second kappa shape index (κ2) is 9.54. The molecule has 4 rings (SSSR count). The Hall–Kier alpha value is -0.650. The lowest BCUT2D eigenvalue weighted by atomic mass is 9.43. The van der Waals surface area contributed by atoms with Crippen LogP contribution in [0.1, 0.15) is 85.0 Å². The Morgan fingerprint density at radius 2 is 1.81 bits per heavy atom. The highest BCUT2D eigenvalue weighted by molar-refractivity contribution is 5.69. The van der Waals surface area contributed by atoms with Crippen LogP contribution in [0.5, 0.6) is 0 Å². The zero-order valence-electron chi connectivity index (χ0n) is 20.8. The van der Waals surface area contributed by atoms with Gasteiger partial charge in [-0.05, 0) is 104 Å². The van der Waals surface area contributed by atoms with Gasteiger partial charge in [0.1, 0.15) is 0 Å². The molecule has 5 nitrogen and oxygen atoms in total. The first-order chi connectivity index (χ1) is 15.2. The molecule has 184 valence electrons. The fourth-order valence-corrected chi connectivity index (χ4v) is 9.30. The summed E-state index contributed by atoms with van der Waals surface area (Å²) in [5, 5.41) is 24.2. The van der Waals surface area contributed by atoms with Gasteiger partial charge in [-0.2, -0.15) is 0 Å². The van der Waals surface area contributed by atoms with Crippen molar-refractivity contribution in [2.45, 2.75) is 97.1 Å². The highest BCUT2D eigenvalue weighted by Crippen LogP contribution is 2.68. The van der Waals surface area contributed by atoms with Crippen LogP contribution in [0.4, 0.5) is 0 Å². The first-order valence-electron chi connectivity index (χ1n) is 13.3. The number of aliphatic hydroxyl groups excluding tert-OH is 2. The molecule has 0 amide bonds. The number of rotatable bonds is 7. The van der Waals surface area contributed by atoms with Gasteiger partial charge >= 0.3 is 5.97 Å². The van der Waals surface area contributed by atoms with Crippen molar-refractivity contribution in [1.82, 2.24) is 5.32 Å². The van der Waals surface area contributed by atoms with Crippen LogP contribution in [0.2, 0.25) is 0 Å². The predicted octanol–water partition coefficient (Wildman–Crippen LogP) is 4.16. The monoisotopic (exact) mass is 449 g/mol. The van der Waals surface area contributed by atoms with Crippen LogP contribution in [0.3, 0.4) is 0 Å². The quantitative estimate of drug-likeness (QED) is 0.509. The molecule has 0 spiro atoms. The van der Waals surface area contributed by atoms with Crippen LogP contribution in [-0.4, -0.2) is 48.6 Å². The van der Waals surface area contributed by atoms with Crippen molar-refractivity contribution in [3.63, 3.8) is 0 Å². The molecule has 3 N–H and O–H groups in total. The van der Waals surface area contributed by atoms with E-state index in [4.69, 9.17) is 4.74 Å². The van der Waals surface area contributed by atoms with E-state index in [1.165, 1.54) is 45.6 Å². The summed E-state index contributed by atoms with van der Waals surface area (Å²) in [7, 11) is 1.48. The van der Waals surface area contributed by atoms with Gasteiger partial charge in [0, 0.05) is 19.0 Å². The Morgan fingerprint density at radius 3 is 2.53 bits per heavy atom. The topological polar surface area (TPSA) is 78.8 Å². The number of hydrogen-bond donors (Lipinski definition) is 3. The average molecular weight is 450 g/mol.